The summed E-state index contributed by atoms with van der Waals surface area (Å²) in [5, 5.41) is 8.73. The van der Waals surface area contributed by atoms with Crippen LogP contribution in [-0.2, 0) is 5.41 Å². The molecular formula is C41H24S4. The fourth-order valence-electron chi connectivity index (χ4n) is 7.61. The van der Waals surface area contributed by atoms with Gasteiger partial charge >= 0.3 is 0 Å². The summed E-state index contributed by atoms with van der Waals surface area (Å²) in [5.41, 5.74) is 15.6. The van der Waals surface area contributed by atoms with E-state index >= 15 is 0 Å². The van der Waals surface area contributed by atoms with E-state index in [1.165, 1.54) is 86.3 Å². The Morgan fingerprint density at radius 2 is 0.578 bits per heavy atom. The largest absolute Gasteiger partial charge is 0.144 e. The van der Waals surface area contributed by atoms with Gasteiger partial charge in [0.05, 0.1) is 5.41 Å². The molecule has 4 heterocycles. The van der Waals surface area contributed by atoms with Gasteiger partial charge in [0.15, 0.2) is 0 Å². The van der Waals surface area contributed by atoms with Gasteiger partial charge in [0.1, 0.15) is 0 Å². The van der Waals surface area contributed by atoms with Crippen LogP contribution in [0.3, 0.4) is 0 Å². The van der Waals surface area contributed by atoms with Crippen molar-refractivity contribution in [3.8, 4) is 64.0 Å². The molecule has 0 fully saturated rings. The summed E-state index contributed by atoms with van der Waals surface area (Å²) in [6.07, 6.45) is 0. The summed E-state index contributed by atoms with van der Waals surface area (Å²) in [5.74, 6) is 0. The standard InChI is InChI=1S/C41H24S4/c1-5-37(42-17-1)25-9-13-29-30-14-10-26(38-6-2-18-43-38)22-34(30)41(33(29)21-25)35-23-27(39-7-3-19-44-39)11-15-31(35)32-16-12-28(24-36(32)41)40-8-4-20-45-40/h1-24H. The number of hydrogen-bond acceptors (Lipinski definition) is 4. The third-order valence-corrected chi connectivity index (χ3v) is 13.2. The molecule has 10 rings (SSSR count). The fourth-order valence-corrected chi connectivity index (χ4v) is 10.5. The molecule has 0 saturated heterocycles. The lowest BCUT2D eigenvalue weighted by molar-refractivity contribution is 0.795. The lowest BCUT2D eigenvalue weighted by Crippen LogP contribution is -2.26. The van der Waals surface area contributed by atoms with Gasteiger partial charge in [-0.1, -0.05) is 72.8 Å². The zero-order valence-corrected chi connectivity index (χ0v) is 27.3. The van der Waals surface area contributed by atoms with E-state index in [9.17, 15) is 0 Å². The predicted octanol–water partition coefficient (Wildman–Crippen LogP) is 12.9. The van der Waals surface area contributed by atoms with Gasteiger partial charge in [-0.15, -0.1) is 45.3 Å². The summed E-state index contributed by atoms with van der Waals surface area (Å²) in [6, 6.07) is 46.4. The van der Waals surface area contributed by atoms with Crippen LogP contribution in [0.2, 0.25) is 0 Å². The van der Waals surface area contributed by atoms with Gasteiger partial charge in [-0.05, 0) is 137 Å². The van der Waals surface area contributed by atoms with E-state index < -0.39 is 5.41 Å². The second-order valence-electron chi connectivity index (χ2n) is 11.7. The van der Waals surface area contributed by atoms with Gasteiger partial charge in [-0.25, -0.2) is 0 Å². The summed E-state index contributed by atoms with van der Waals surface area (Å²) >= 11 is 7.26. The first-order chi connectivity index (χ1) is 22.3. The molecule has 1 spiro atoms. The van der Waals surface area contributed by atoms with E-state index in [0.29, 0.717) is 0 Å². The highest BCUT2D eigenvalue weighted by Gasteiger charge is 2.52. The average Bonchev–Trinajstić information content (AvgIpc) is 3.94. The molecule has 0 unspecified atom stereocenters. The first-order valence-corrected chi connectivity index (χ1v) is 18.6. The van der Waals surface area contributed by atoms with Crippen LogP contribution in [0.25, 0.3) is 64.0 Å². The molecule has 0 N–H and O–H groups in total. The maximum atomic E-state index is 2.50. The van der Waals surface area contributed by atoms with Crippen LogP contribution in [0.1, 0.15) is 22.3 Å². The Balaban J connectivity index is 1.35. The Labute approximate surface area is 278 Å². The smallest absolute Gasteiger partial charge is 0.0726 e. The molecule has 0 nitrogen and oxygen atoms in total. The number of thiophene rings is 4. The predicted molar refractivity (Wildman–Crippen MR) is 196 cm³/mol. The number of fused-ring (bicyclic) bond motifs is 10. The van der Waals surface area contributed by atoms with Crippen molar-refractivity contribution < 1.29 is 0 Å². The minimum atomic E-state index is -0.434. The highest BCUT2D eigenvalue weighted by atomic mass is 32.1. The van der Waals surface area contributed by atoms with Crippen LogP contribution in [0.5, 0.6) is 0 Å². The number of benzene rings is 4. The van der Waals surface area contributed by atoms with Crippen molar-refractivity contribution in [1.82, 2.24) is 0 Å². The average molecular weight is 645 g/mol. The highest BCUT2D eigenvalue weighted by Crippen LogP contribution is 2.64. The van der Waals surface area contributed by atoms with Gasteiger partial charge in [0.2, 0.25) is 0 Å². The Morgan fingerprint density at radius 3 is 0.800 bits per heavy atom. The third kappa shape index (κ3) is 3.68. The van der Waals surface area contributed by atoms with Crippen molar-refractivity contribution in [2.24, 2.45) is 0 Å². The quantitative estimate of drug-likeness (QED) is 0.179. The van der Waals surface area contributed by atoms with Crippen molar-refractivity contribution in [1.29, 1.82) is 0 Å². The summed E-state index contributed by atoms with van der Waals surface area (Å²) < 4.78 is 0. The van der Waals surface area contributed by atoms with E-state index in [0.717, 1.165) is 0 Å². The van der Waals surface area contributed by atoms with Gasteiger partial charge in [-0.3, -0.25) is 0 Å². The maximum Gasteiger partial charge on any atom is 0.0726 e. The molecule has 4 heteroatoms. The minimum Gasteiger partial charge on any atom is -0.144 e. The zero-order chi connectivity index (χ0) is 29.5. The molecule has 0 atom stereocenters. The van der Waals surface area contributed by atoms with Crippen molar-refractivity contribution in [2.45, 2.75) is 5.41 Å². The SMILES string of the molecule is c1csc(-c2ccc3c(c2)C2(c4cc(-c5cccs5)ccc4-3)c3cc(-c4cccs4)ccc3-c3ccc(-c4cccs4)cc32)c1. The van der Waals surface area contributed by atoms with E-state index in [-0.39, 0.29) is 0 Å². The van der Waals surface area contributed by atoms with E-state index in [1.54, 1.807) is 0 Å². The second kappa shape index (κ2) is 9.84. The van der Waals surface area contributed by atoms with E-state index in [4.69, 9.17) is 0 Å². The Kier molecular flexibility index (Phi) is 5.67. The summed E-state index contributed by atoms with van der Waals surface area (Å²) in [4.78, 5) is 5.23. The molecule has 2 aliphatic carbocycles. The topological polar surface area (TPSA) is 0 Å². The normalized spacial score (nSPS) is 13.5. The molecule has 212 valence electrons. The molecule has 8 aromatic rings. The number of rotatable bonds is 4. The molecule has 0 radical (unpaired) electrons. The van der Waals surface area contributed by atoms with Gasteiger partial charge < -0.3 is 0 Å². The van der Waals surface area contributed by atoms with Crippen LogP contribution in [0.15, 0.2) is 143 Å². The molecule has 0 bridgehead atoms. The van der Waals surface area contributed by atoms with Gasteiger partial charge in [-0.2, -0.15) is 0 Å². The minimum absolute atomic E-state index is 0.434. The monoisotopic (exact) mass is 644 g/mol. The van der Waals surface area contributed by atoms with Crippen LogP contribution in [-0.4, -0.2) is 0 Å². The van der Waals surface area contributed by atoms with Gasteiger partial charge in [0, 0.05) is 19.5 Å². The molecular weight excluding hydrogens is 621 g/mol. The van der Waals surface area contributed by atoms with E-state index in [2.05, 4.69) is 143 Å². The lowest BCUT2D eigenvalue weighted by atomic mass is 9.69. The second-order valence-corrected chi connectivity index (χ2v) is 15.5. The van der Waals surface area contributed by atoms with Crippen molar-refractivity contribution in [3.05, 3.63) is 165 Å². The highest BCUT2D eigenvalue weighted by molar-refractivity contribution is 7.14. The van der Waals surface area contributed by atoms with Crippen LogP contribution in [0, 0.1) is 0 Å². The molecule has 0 saturated carbocycles. The van der Waals surface area contributed by atoms with Crippen LogP contribution < -0.4 is 0 Å². The molecule has 4 aromatic heterocycles. The third-order valence-electron chi connectivity index (χ3n) is 9.50. The molecule has 0 amide bonds. The van der Waals surface area contributed by atoms with Crippen LogP contribution >= 0.6 is 45.3 Å². The summed E-state index contributed by atoms with van der Waals surface area (Å²) in [6.45, 7) is 0. The van der Waals surface area contributed by atoms with Crippen molar-refractivity contribution >= 4 is 45.3 Å². The first-order valence-electron chi connectivity index (χ1n) is 15.0. The maximum absolute atomic E-state index is 2.50. The first kappa shape index (κ1) is 26.0. The molecule has 45 heavy (non-hydrogen) atoms. The van der Waals surface area contributed by atoms with Crippen LogP contribution in [0.4, 0.5) is 0 Å². The van der Waals surface area contributed by atoms with Crippen molar-refractivity contribution in [3.63, 3.8) is 0 Å². The summed E-state index contributed by atoms with van der Waals surface area (Å²) in [7, 11) is 0. The van der Waals surface area contributed by atoms with Crippen molar-refractivity contribution in [2.75, 3.05) is 0 Å². The number of hydrogen-bond donors (Lipinski definition) is 0. The lowest BCUT2D eigenvalue weighted by Gasteiger charge is -2.31. The Hall–Kier alpha value is -4.32. The van der Waals surface area contributed by atoms with Gasteiger partial charge in [0.25, 0.3) is 0 Å². The zero-order valence-electron chi connectivity index (χ0n) is 24.0. The molecule has 4 aromatic carbocycles. The van der Waals surface area contributed by atoms with E-state index in [1.807, 2.05) is 45.3 Å². The molecule has 0 aliphatic heterocycles. The Morgan fingerprint density at radius 1 is 0.311 bits per heavy atom. The fraction of sp³-hybridized carbons (Fsp3) is 0.0244. The molecule has 2 aliphatic rings. The Bertz CT molecular complexity index is 2010.